The maximum absolute atomic E-state index is 16.4. The van der Waals surface area contributed by atoms with Crippen LogP contribution in [-0.4, -0.2) is 71.4 Å². The molecule has 2 N–H and O–H groups in total. The third-order valence-electron chi connectivity index (χ3n) is 6.86. The predicted octanol–water partition coefficient (Wildman–Crippen LogP) is 4.63. The van der Waals surface area contributed by atoms with Crippen LogP contribution in [0, 0.1) is 5.82 Å². The molecule has 1 aliphatic carbocycles. The van der Waals surface area contributed by atoms with Crippen LogP contribution < -0.4 is 15.5 Å². The minimum absolute atomic E-state index is 0.0823. The third kappa shape index (κ3) is 4.83. The van der Waals surface area contributed by atoms with E-state index in [0.717, 1.165) is 5.13 Å². The number of aromatic nitrogens is 3. The number of alkyl halides is 1. The smallest absolute Gasteiger partial charge is 0.328 e. The molecule has 4 heterocycles. The standard InChI is InChI=1S/C26H24ClF2N7O2S/c27-17-14-15(4-5-18(17)28)35-8-9-36(26(35)37)20-3-1-2-16(21(20)29)23-22(19-6-7-31-24(30)32-19)33-25(39-23)34-10-12-38-13-11-34/h1-7,14,16,21H,8-13H2,(H2,30,31,32). The fourth-order valence-electron chi connectivity index (χ4n) is 4.90. The first-order valence-corrected chi connectivity index (χ1v) is 13.6. The van der Waals surface area contributed by atoms with E-state index in [0.29, 0.717) is 54.8 Å². The summed E-state index contributed by atoms with van der Waals surface area (Å²) < 4.78 is 35.5. The number of benzene rings is 1. The molecule has 9 nitrogen and oxygen atoms in total. The number of carbonyl (C=O) groups excluding carboxylic acids is 1. The van der Waals surface area contributed by atoms with Crippen LogP contribution in [0.1, 0.15) is 10.8 Å². The molecule has 2 unspecified atom stereocenters. The molecule has 0 spiro atoms. The maximum atomic E-state index is 16.4. The van der Waals surface area contributed by atoms with Crippen LogP contribution >= 0.6 is 22.9 Å². The van der Waals surface area contributed by atoms with E-state index < -0.39 is 23.9 Å². The van der Waals surface area contributed by atoms with Gasteiger partial charge in [-0.15, -0.1) is 11.3 Å². The predicted molar refractivity (Wildman–Crippen MR) is 146 cm³/mol. The number of hydrogen-bond acceptors (Lipinski definition) is 8. The number of nitrogen functional groups attached to an aromatic ring is 1. The Kier molecular flexibility index (Phi) is 6.92. The zero-order chi connectivity index (χ0) is 27.1. The number of nitrogens with two attached hydrogens (primary N) is 1. The highest BCUT2D eigenvalue weighted by molar-refractivity contribution is 7.16. The van der Waals surface area contributed by atoms with E-state index in [4.69, 9.17) is 27.1 Å². The van der Waals surface area contributed by atoms with Crippen molar-refractivity contribution in [3.63, 3.8) is 0 Å². The van der Waals surface area contributed by atoms with Gasteiger partial charge in [-0.2, -0.15) is 0 Å². The summed E-state index contributed by atoms with van der Waals surface area (Å²) in [5.41, 5.74) is 7.59. The zero-order valence-electron chi connectivity index (χ0n) is 20.6. The lowest BCUT2D eigenvalue weighted by molar-refractivity contribution is 0.122. The zero-order valence-corrected chi connectivity index (χ0v) is 22.2. The number of halogens is 3. The molecule has 2 atom stereocenters. The van der Waals surface area contributed by atoms with E-state index >= 15 is 4.39 Å². The molecular weight excluding hydrogens is 548 g/mol. The van der Waals surface area contributed by atoms with Crippen LogP contribution in [0.3, 0.4) is 0 Å². The van der Waals surface area contributed by atoms with Gasteiger partial charge < -0.3 is 15.4 Å². The number of thiazole rings is 1. The van der Waals surface area contributed by atoms with Crippen LogP contribution in [0.5, 0.6) is 0 Å². The molecule has 3 aromatic rings. The van der Waals surface area contributed by atoms with Crippen molar-refractivity contribution in [2.45, 2.75) is 12.1 Å². The number of hydrogen-bond donors (Lipinski definition) is 1. The number of ether oxygens (including phenoxy) is 1. The minimum atomic E-state index is -1.52. The Morgan fingerprint density at radius 2 is 1.90 bits per heavy atom. The van der Waals surface area contributed by atoms with Gasteiger partial charge in [0.25, 0.3) is 0 Å². The van der Waals surface area contributed by atoms with Gasteiger partial charge in [0, 0.05) is 42.9 Å². The molecule has 2 aliphatic heterocycles. The first-order valence-electron chi connectivity index (χ1n) is 12.4. The first kappa shape index (κ1) is 25.7. The number of morpholine rings is 1. The van der Waals surface area contributed by atoms with Gasteiger partial charge in [-0.3, -0.25) is 9.80 Å². The Morgan fingerprint density at radius 3 is 2.67 bits per heavy atom. The van der Waals surface area contributed by atoms with Crippen LogP contribution in [0.25, 0.3) is 11.4 Å². The summed E-state index contributed by atoms with van der Waals surface area (Å²) in [6.07, 6.45) is 5.17. The molecule has 6 rings (SSSR count). The van der Waals surface area contributed by atoms with E-state index in [9.17, 15) is 9.18 Å². The molecule has 0 saturated carbocycles. The lowest BCUT2D eigenvalue weighted by Crippen LogP contribution is -2.36. The fourth-order valence-corrected chi connectivity index (χ4v) is 6.30. The highest BCUT2D eigenvalue weighted by Gasteiger charge is 2.40. The fraction of sp³-hybridized carbons (Fsp3) is 0.308. The molecule has 0 radical (unpaired) electrons. The van der Waals surface area contributed by atoms with Crippen molar-refractivity contribution >= 4 is 45.7 Å². The summed E-state index contributed by atoms with van der Waals surface area (Å²) in [6, 6.07) is 5.39. The molecule has 0 bridgehead atoms. The van der Waals surface area contributed by atoms with E-state index in [-0.39, 0.29) is 23.2 Å². The molecule has 202 valence electrons. The lowest BCUT2D eigenvalue weighted by Gasteiger charge is -2.29. The average molecular weight is 572 g/mol. The van der Waals surface area contributed by atoms with Crippen molar-refractivity contribution in [2.75, 3.05) is 54.9 Å². The number of rotatable bonds is 5. The summed E-state index contributed by atoms with van der Waals surface area (Å²) in [4.78, 5) is 32.2. The van der Waals surface area contributed by atoms with Gasteiger partial charge in [-0.25, -0.2) is 28.5 Å². The number of anilines is 3. The second-order valence-corrected chi connectivity index (χ2v) is 10.6. The number of nitrogens with zero attached hydrogens (tertiary/aromatic N) is 6. The molecular formula is C26H24ClF2N7O2S. The van der Waals surface area contributed by atoms with Crippen LogP contribution in [-0.2, 0) is 4.74 Å². The minimum Gasteiger partial charge on any atom is -0.378 e. The van der Waals surface area contributed by atoms with Crippen molar-refractivity contribution in [3.05, 3.63) is 70.1 Å². The van der Waals surface area contributed by atoms with Crippen LogP contribution in [0.15, 0.2) is 54.4 Å². The van der Waals surface area contributed by atoms with Gasteiger partial charge in [0.05, 0.1) is 35.5 Å². The molecule has 13 heteroatoms. The van der Waals surface area contributed by atoms with Gasteiger partial charge in [-0.1, -0.05) is 23.8 Å². The number of urea groups is 1. The van der Waals surface area contributed by atoms with E-state index in [1.54, 1.807) is 30.5 Å². The van der Waals surface area contributed by atoms with Gasteiger partial charge >= 0.3 is 6.03 Å². The van der Waals surface area contributed by atoms with Gasteiger partial charge in [0.15, 0.2) is 11.3 Å². The van der Waals surface area contributed by atoms with E-state index in [2.05, 4.69) is 14.9 Å². The molecule has 1 aromatic carbocycles. The summed E-state index contributed by atoms with van der Waals surface area (Å²) in [5.74, 6) is -1.18. The molecule has 39 heavy (non-hydrogen) atoms. The Balaban J connectivity index is 1.31. The second kappa shape index (κ2) is 10.5. The van der Waals surface area contributed by atoms with Crippen molar-refractivity contribution in [1.29, 1.82) is 0 Å². The van der Waals surface area contributed by atoms with E-state index in [1.165, 1.54) is 39.3 Å². The molecule has 2 aromatic heterocycles. The third-order valence-corrected chi connectivity index (χ3v) is 8.37. The Hall–Kier alpha value is -3.61. The molecule has 2 fully saturated rings. The topological polar surface area (TPSA) is 101 Å². The summed E-state index contributed by atoms with van der Waals surface area (Å²) >= 11 is 7.33. The quantitative estimate of drug-likeness (QED) is 0.476. The van der Waals surface area contributed by atoms with Crippen LogP contribution in [0.4, 0.5) is 30.3 Å². The van der Waals surface area contributed by atoms with Crippen molar-refractivity contribution < 1.29 is 18.3 Å². The van der Waals surface area contributed by atoms with Crippen LogP contribution in [0.2, 0.25) is 5.02 Å². The highest BCUT2D eigenvalue weighted by Crippen LogP contribution is 2.44. The monoisotopic (exact) mass is 571 g/mol. The lowest BCUT2D eigenvalue weighted by atomic mass is 9.92. The molecule has 2 saturated heterocycles. The van der Waals surface area contributed by atoms with Crippen molar-refractivity contribution in [3.8, 4) is 11.4 Å². The van der Waals surface area contributed by atoms with Gasteiger partial charge in [0.2, 0.25) is 5.95 Å². The number of allylic oxidation sites excluding steroid dienone is 4. The maximum Gasteiger partial charge on any atom is 0.328 e. The summed E-state index contributed by atoms with van der Waals surface area (Å²) in [7, 11) is 0. The molecule has 3 aliphatic rings. The second-order valence-electron chi connectivity index (χ2n) is 9.20. The van der Waals surface area contributed by atoms with Crippen molar-refractivity contribution in [1.82, 2.24) is 19.9 Å². The van der Waals surface area contributed by atoms with E-state index in [1.807, 2.05) is 0 Å². The Labute approximate surface area is 232 Å². The normalized spacial score (nSPS) is 21.6. The largest absolute Gasteiger partial charge is 0.378 e. The first-order chi connectivity index (χ1) is 18.9. The number of amides is 2. The SMILES string of the molecule is Nc1nccc(-c2nc(N3CCOCC3)sc2C2C=CC=C(N3CCN(c4ccc(F)c(Cl)c4)C3=O)C2F)n1. The number of carbonyl (C=O) groups is 1. The summed E-state index contributed by atoms with van der Waals surface area (Å²) in [5, 5.41) is 0.662. The Bertz CT molecular complexity index is 1480. The summed E-state index contributed by atoms with van der Waals surface area (Å²) in [6.45, 7) is 3.10. The van der Waals surface area contributed by atoms with Gasteiger partial charge in [-0.05, 0) is 30.3 Å². The highest BCUT2D eigenvalue weighted by atomic mass is 35.5. The molecule has 2 amide bonds. The average Bonchev–Trinajstić information content (AvgIpc) is 3.55. The van der Waals surface area contributed by atoms with Crippen molar-refractivity contribution in [2.24, 2.45) is 0 Å². The Morgan fingerprint density at radius 1 is 1.10 bits per heavy atom. The van der Waals surface area contributed by atoms with Gasteiger partial charge in [0.1, 0.15) is 11.5 Å².